The maximum absolute atomic E-state index is 9.07. The fraction of sp³-hybridized carbons (Fsp3) is 0.467. The number of aromatic nitrogens is 3. The van der Waals surface area contributed by atoms with E-state index in [-0.39, 0.29) is 6.61 Å². The number of nitrogens with zero attached hydrogens (tertiary/aromatic N) is 3. The van der Waals surface area contributed by atoms with Crippen molar-refractivity contribution in [3.8, 4) is 0 Å². The van der Waals surface area contributed by atoms with Crippen LogP contribution in [0.15, 0.2) is 30.6 Å². The van der Waals surface area contributed by atoms with Crippen LogP contribution in [0.25, 0.3) is 0 Å². The third-order valence-electron chi connectivity index (χ3n) is 3.83. The van der Waals surface area contributed by atoms with Gasteiger partial charge in [0.05, 0.1) is 25.0 Å². The molecule has 5 nitrogen and oxygen atoms in total. The summed E-state index contributed by atoms with van der Waals surface area (Å²) in [6.45, 7) is 1.50. The van der Waals surface area contributed by atoms with Gasteiger partial charge in [-0.25, -0.2) is 0 Å². The summed E-state index contributed by atoms with van der Waals surface area (Å²) >= 11 is 0. The summed E-state index contributed by atoms with van der Waals surface area (Å²) < 4.78 is 1.93. The number of aliphatic hydroxyl groups excluding tert-OH is 1. The molecule has 2 aromatic rings. The van der Waals surface area contributed by atoms with Gasteiger partial charge in [-0.05, 0) is 31.4 Å². The summed E-state index contributed by atoms with van der Waals surface area (Å²) in [4.78, 5) is 4.34. The Hall–Kier alpha value is -1.72. The average molecular weight is 272 g/mol. The molecule has 0 spiro atoms. The molecule has 0 saturated carbocycles. The van der Waals surface area contributed by atoms with Crippen LogP contribution in [0.5, 0.6) is 0 Å². The van der Waals surface area contributed by atoms with Crippen molar-refractivity contribution in [1.82, 2.24) is 20.1 Å². The van der Waals surface area contributed by atoms with E-state index in [0.29, 0.717) is 12.6 Å². The second-order valence-corrected chi connectivity index (χ2v) is 5.14. The van der Waals surface area contributed by atoms with Crippen LogP contribution in [0.3, 0.4) is 0 Å². The third-order valence-corrected chi connectivity index (χ3v) is 3.83. The molecule has 2 aromatic heterocycles. The van der Waals surface area contributed by atoms with E-state index in [0.717, 1.165) is 31.5 Å². The molecule has 0 bridgehead atoms. The van der Waals surface area contributed by atoms with Crippen molar-refractivity contribution in [1.29, 1.82) is 0 Å². The zero-order valence-electron chi connectivity index (χ0n) is 11.5. The molecular weight excluding hydrogens is 252 g/mol. The summed E-state index contributed by atoms with van der Waals surface area (Å²) in [7, 11) is 0. The molecule has 20 heavy (non-hydrogen) atoms. The molecular formula is C15H20N4O. The summed E-state index contributed by atoms with van der Waals surface area (Å²) in [6, 6.07) is 6.32. The second-order valence-electron chi connectivity index (χ2n) is 5.14. The van der Waals surface area contributed by atoms with Gasteiger partial charge in [0, 0.05) is 30.0 Å². The Kier molecular flexibility index (Phi) is 4.08. The fourth-order valence-electron chi connectivity index (χ4n) is 2.85. The molecule has 5 heteroatoms. The lowest BCUT2D eigenvalue weighted by molar-refractivity contribution is 0.266. The molecule has 0 fully saturated rings. The van der Waals surface area contributed by atoms with Crippen molar-refractivity contribution in [2.24, 2.45) is 0 Å². The van der Waals surface area contributed by atoms with E-state index >= 15 is 0 Å². The molecule has 1 unspecified atom stereocenters. The first-order valence-corrected chi connectivity index (χ1v) is 7.17. The predicted molar refractivity (Wildman–Crippen MR) is 76.1 cm³/mol. The minimum Gasteiger partial charge on any atom is -0.394 e. The standard InChI is InChI=1S/C15H20N4O/c20-9-8-19-15-6-3-5-14(13(15)11-18-19)17-10-12-4-1-2-7-16-12/h1-2,4,7,11,14,17,20H,3,5-6,8-10H2. The molecule has 0 amide bonds. The molecule has 0 aromatic carbocycles. The SMILES string of the molecule is OCCn1ncc2c1CCCC2NCc1ccccn1. The Morgan fingerprint density at radius 1 is 1.40 bits per heavy atom. The molecule has 1 atom stereocenters. The minimum atomic E-state index is 0.139. The highest BCUT2D eigenvalue weighted by molar-refractivity contribution is 5.25. The third kappa shape index (κ3) is 2.73. The zero-order chi connectivity index (χ0) is 13.8. The Morgan fingerprint density at radius 3 is 3.15 bits per heavy atom. The van der Waals surface area contributed by atoms with Crippen LogP contribution in [-0.4, -0.2) is 26.5 Å². The number of fused-ring (bicyclic) bond motifs is 1. The summed E-state index contributed by atoms with van der Waals surface area (Å²) in [5.41, 5.74) is 3.60. The van der Waals surface area contributed by atoms with Gasteiger partial charge in [-0.3, -0.25) is 9.67 Å². The lowest BCUT2D eigenvalue weighted by Gasteiger charge is -2.24. The molecule has 1 aliphatic rings. The summed E-state index contributed by atoms with van der Waals surface area (Å²) in [6.07, 6.45) is 7.11. The van der Waals surface area contributed by atoms with Crippen molar-refractivity contribution in [3.05, 3.63) is 47.5 Å². The zero-order valence-corrected chi connectivity index (χ0v) is 11.5. The van der Waals surface area contributed by atoms with Crippen molar-refractivity contribution in [2.45, 2.75) is 38.4 Å². The van der Waals surface area contributed by atoms with Gasteiger partial charge < -0.3 is 10.4 Å². The van der Waals surface area contributed by atoms with Crippen molar-refractivity contribution < 1.29 is 5.11 Å². The van der Waals surface area contributed by atoms with E-state index in [1.807, 2.05) is 35.3 Å². The van der Waals surface area contributed by atoms with Gasteiger partial charge in [0.2, 0.25) is 0 Å². The van der Waals surface area contributed by atoms with E-state index in [4.69, 9.17) is 5.11 Å². The molecule has 2 heterocycles. The number of nitrogens with one attached hydrogen (secondary N) is 1. The first-order valence-electron chi connectivity index (χ1n) is 7.17. The van der Waals surface area contributed by atoms with Crippen LogP contribution < -0.4 is 5.32 Å². The second kappa shape index (κ2) is 6.15. The van der Waals surface area contributed by atoms with E-state index in [1.54, 1.807) is 0 Å². The van der Waals surface area contributed by atoms with E-state index in [1.165, 1.54) is 11.3 Å². The van der Waals surface area contributed by atoms with Gasteiger partial charge in [-0.15, -0.1) is 0 Å². The van der Waals surface area contributed by atoms with Crippen LogP contribution in [0.4, 0.5) is 0 Å². The topological polar surface area (TPSA) is 63.0 Å². The number of hydrogen-bond acceptors (Lipinski definition) is 4. The van der Waals surface area contributed by atoms with Gasteiger partial charge in [0.15, 0.2) is 0 Å². The molecule has 106 valence electrons. The van der Waals surface area contributed by atoms with Gasteiger partial charge in [-0.2, -0.15) is 5.10 Å². The summed E-state index contributed by atoms with van der Waals surface area (Å²) in [5.74, 6) is 0. The number of hydrogen-bond donors (Lipinski definition) is 2. The van der Waals surface area contributed by atoms with Gasteiger partial charge in [0.1, 0.15) is 0 Å². The number of pyridine rings is 1. The van der Waals surface area contributed by atoms with Crippen molar-refractivity contribution in [3.63, 3.8) is 0 Å². The van der Waals surface area contributed by atoms with Gasteiger partial charge in [0.25, 0.3) is 0 Å². The number of rotatable bonds is 5. The normalized spacial score (nSPS) is 17.9. The highest BCUT2D eigenvalue weighted by Crippen LogP contribution is 2.29. The molecule has 1 aliphatic carbocycles. The minimum absolute atomic E-state index is 0.139. The molecule has 2 N–H and O–H groups in total. The highest BCUT2D eigenvalue weighted by atomic mass is 16.3. The van der Waals surface area contributed by atoms with Gasteiger partial charge >= 0.3 is 0 Å². The van der Waals surface area contributed by atoms with Crippen molar-refractivity contribution >= 4 is 0 Å². The Morgan fingerprint density at radius 2 is 2.35 bits per heavy atom. The lowest BCUT2D eigenvalue weighted by Crippen LogP contribution is -2.25. The number of aliphatic hydroxyl groups is 1. The van der Waals surface area contributed by atoms with Crippen LogP contribution in [0.2, 0.25) is 0 Å². The predicted octanol–water partition coefficient (Wildman–Crippen LogP) is 1.44. The fourth-order valence-corrected chi connectivity index (χ4v) is 2.85. The first kappa shape index (κ1) is 13.3. The Balaban J connectivity index is 1.70. The highest BCUT2D eigenvalue weighted by Gasteiger charge is 2.23. The van der Waals surface area contributed by atoms with Crippen molar-refractivity contribution in [2.75, 3.05) is 6.61 Å². The Labute approximate surface area is 118 Å². The smallest absolute Gasteiger partial charge is 0.0644 e. The first-order chi connectivity index (χ1) is 9.88. The van der Waals surface area contributed by atoms with E-state index in [9.17, 15) is 0 Å². The van der Waals surface area contributed by atoms with E-state index < -0.39 is 0 Å². The summed E-state index contributed by atoms with van der Waals surface area (Å²) in [5, 5.41) is 17.0. The molecule has 0 aliphatic heterocycles. The van der Waals surface area contributed by atoms with Crippen LogP contribution >= 0.6 is 0 Å². The van der Waals surface area contributed by atoms with Crippen LogP contribution in [0.1, 0.15) is 35.8 Å². The largest absolute Gasteiger partial charge is 0.394 e. The molecule has 0 saturated heterocycles. The monoisotopic (exact) mass is 272 g/mol. The molecule has 0 radical (unpaired) electrons. The van der Waals surface area contributed by atoms with Crippen LogP contribution in [0, 0.1) is 0 Å². The van der Waals surface area contributed by atoms with E-state index in [2.05, 4.69) is 15.4 Å². The maximum atomic E-state index is 9.07. The molecule has 3 rings (SSSR count). The quantitative estimate of drug-likeness (QED) is 0.864. The van der Waals surface area contributed by atoms with Crippen LogP contribution in [-0.2, 0) is 19.5 Å². The maximum Gasteiger partial charge on any atom is 0.0644 e. The average Bonchev–Trinajstić information content (AvgIpc) is 2.91. The van der Waals surface area contributed by atoms with Gasteiger partial charge in [-0.1, -0.05) is 6.07 Å². The lowest BCUT2D eigenvalue weighted by atomic mass is 9.93. The Bertz CT molecular complexity index is 552.